The minimum absolute atomic E-state index is 0.221. The van der Waals surface area contributed by atoms with Crippen molar-refractivity contribution < 1.29 is 14.1 Å². The molecule has 0 aliphatic heterocycles. The van der Waals surface area contributed by atoms with Crippen molar-refractivity contribution in [2.75, 3.05) is 75.5 Å². The lowest BCUT2D eigenvalue weighted by molar-refractivity contribution is -0.111. The van der Waals surface area contributed by atoms with Gasteiger partial charge in [-0.3, -0.25) is 14.8 Å². The van der Waals surface area contributed by atoms with Crippen molar-refractivity contribution in [3.63, 3.8) is 0 Å². The number of ether oxygens (including phenoxy) is 1. The summed E-state index contributed by atoms with van der Waals surface area (Å²) in [5.41, 5.74) is 3.60. The van der Waals surface area contributed by atoms with Crippen molar-refractivity contribution in [2.24, 2.45) is 0 Å². The zero-order valence-corrected chi connectivity index (χ0v) is 25.4. The van der Waals surface area contributed by atoms with Crippen molar-refractivity contribution >= 4 is 64.0 Å². The first-order valence-electron chi connectivity index (χ1n) is 13.0. The number of carbonyl (C=O) groups excluding carboxylic acids is 1. The summed E-state index contributed by atoms with van der Waals surface area (Å²) in [7, 11) is 4.72. The average molecular weight is 591 g/mol. The van der Waals surface area contributed by atoms with Crippen molar-refractivity contribution in [3.05, 3.63) is 55.6 Å². The van der Waals surface area contributed by atoms with Gasteiger partial charge in [0.1, 0.15) is 24.7 Å². The number of hydrogen-bond acceptors (Lipinski definition) is 12. The van der Waals surface area contributed by atoms with E-state index >= 15 is 0 Å². The molecule has 0 atom stereocenters. The van der Waals surface area contributed by atoms with Gasteiger partial charge in [-0.05, 0) is 51.7 Å². The molecule has 0 radical (unpaired) electrons. The third-order valence-corrected chi connectivity index (χ3v) is 7.80. The van der Waals surface area contributed by atoms with Crippen LogP contribution in [0.3, 0.4) is 0 Å². The zero-order valence-electron chi connectivity index (χ0n) is 24.5. The first-order chi connectivity index (χ1) is 20.0. The lowest BCUT2D eigenvalue weighted by Gasteiger charge is -2.26. The van der Waals surface area contributed by atoms with Crippen LogP contribution in [0.25, 0.3) is 11.0 Å². The smallest absolute Gasteiger partial charge is 0.247 e. The van der Waals surface area contributed by atoms with E-state index in [2.05, 4.69) is 52.3 Å². The fourth-order valence-corrected chi connectivity index (χ4v) is 5.62. The van der Waals surface area contributed by atoms with E-state index < -0.39 is 7.14 Å². The number of hydrogen-bond donors (Lipinski definition) is 3. The lowest BCUT2D eigenvalue weighted by Crippen LogP contribution is -2.29. The van der Waals surface area contributed by atoms with E-state index in [1.807, 2.05) is 32.1 Å². The van der Waals surface area contributed by atoms with Gasteiger partial charge in [0.2, 0.25) is 17.8 Å². The zero-order chi connectivity index (χ0) is 30.4. The van der Waals surface area contributed by atoms with Gasteiger partial charge in [0.15, 0.2) is 0 Å². The summed E-state index contributed by atoms with van der Waals surface area (Å²) in [6.45, 7) is 8.45. The normalized spacial score (nSPS) is 11.3. The van der Waals surface area contributed by atoms with Gasteiger partial charge in [0.25, 0.3) is 0 Å². The van der Waals surface area contributed by atoms with Gasteiger partial charge >= 0.3 is 0 Å². The number of fused-ring (bicyclic) bond motifs is 1. The first-order valence-corrected chi connectivity index (χ1v) is 15.6. The van der Waals surface area contributed by atoms with Crippen molar-refractivity contribution in [2.45, 2.75) is 0 Å². The monoisotopic (exact) mass is 590 g/mol. The van der Waals surface area contributed by atoms with E-state index in [0.29, 0.717) is 45.7 Å². The topological polar surface area (TPSA) is 150 Å². The molecule has 2 heterocycles. The average Bonchev–Trinajstić information content (AvgIpc) is 2.95. The SMILES string of the molecule is C=CC(=O)Nc1cc(Nc2ncnc(Nc3ccc4nccnc4c3P(C)(C)=O)n2)c(OC)cc1N(C)CCN(C)C. The molecular weight excluding hydrogens is 555 g/mol. The van der Waals surface area contributed by atoms with E-state index in [4.69, 9.17) is 4.74 Å². The Labute approximate surface area is 244 Å². The van der Waals surface area contributed by atoms with Gasteiger partial charge < -0.3 is 35.1 Å². The number of likely N-dealkylation sites (N-methyl/N-ethyl adjacent to an activating group) is 2. The molecule has 4 aromatic rings. The summed E-state index contributed by atoms with van der Waals surface area (Å²) in [6.07, 6.45) is 5.73. The maximum atomic E-state index is 13.3. The lowest BCUT2D eigenvalue weighted by atomic mass is 10.2. The first kappa shape index (κ1) is 30.4. The second kappa shape index (κ2) is 12.9. The van der Waals surface area contributed by atoms with Crippen LogP contribution >= 0.6 is 7.14 Å². The van der Waals surface area contributed by atoms with E-state index in [0.717, 1.165) is 12.2 Å². The van der Waals surface area contributed by atoms with Gasteiger partial charge in [0, 0.05) is 38.6 Å². The molecule has 0 aliphatic carbocycles. The number of amides is 1. The quantitative estimate of drug-likeness (QED) is 0.163. The van der Waals surface area contributed by atoms with E-state index in [1.54, 1.807) is 51.0 Å². The number of nitrogens with one attached hydrogen (secondary N) is 3. The largest absolute Gasteiger partial charge is 0.494 e. The van der Waals surface area contributed by atoms with Crippen LogP contribution in [-0.2, 0) is 9.36 Å². The Kier molecular flexibility index (Phi) is 9.34. The number of anilines is 6. The molecule has 0 fully saturated rings. The minimum Gasteiger partial charge on any atom is -0.494 e. The molecule has 0 saturated carbocycles. The standard InChI is InChI=1S/C28H35N10O3P/c1-8-24(39)33-20-15-21(23(41-5)16-22(20)38(4)14-13-37(2)3)35-28-32-17-31-27(36-28)34-19-10-9-18-25(30-12-11-29-18)26(19)42(6,7)40/h8-12,15-17H,1,13-14H2,2-7H3,(H,33,39)(H2,31,32,34,35,36). The third-order valence-electron chi connectivity index (χ3n) is 6.27. The van der Waals surface area contributed by atoms with Gasteiger partial charge in [-0.1, -0.05) is 6.58 Å². The van der Waals surface area contributed by atoms with Gasteiger partial charge in [-0.2, -0.15) is 4.98 Å². The van der Waals surface area contributed by atoms with E-state index in [9.17, 15) is 9.36 Å². The molecule has 0 aliphatic rings. The predicted molar refractivity (Wildman–Crippen MR) is 169 cm³/mol. The molecule has 1 amide bonds. The van der Waals surface area contributed by atoms with Crippen LogP contribution in [0.1, 0.15) is 0 Å². The predicted octanol–water partition coefficient (Wildman–Crippen LogP) is 3.68. The molecule has 0 bridgehead atoms. The van der Waals surface area contributed by atoms with Crippen LogP contribution in [0.5, 0.6) is 5.75 Å². The summed E-state index contributed by atoms with van der Waals surface area (Å²) in [4.78, 5) is 38.2. The fraction of sp³-hybridized carbons (Fsp3) is 0.286. The Balaban J connectivity index is 1.68. The molecule has 0 unspecified atom stereocenters. The molecule has 0 saturated heterocycles. The number of rotatable bonds is 12. The molecule has 2 aromatic carbocycles. The molecule has 14 heteroatoms. The molecule has 4 rings (SSSR count). The highest BCUT2D eigenvalue weighted by atomic mass is 31.2. The fourth-order valence-electron chi connectivity index (χ4n) is 4.23. The van der Waals surface area contributed by atoms with Crippen LogP contribution in [0.2, 0.25) is 0 Å². The number of methoxy groups -OCH3 is 1. The van der Waals surface area contributed by atoms with E-state index in [1.165, 1.54) is 12.4 Å². The van der Waals surface area contributed by atoms with Gasteiger partial charge in [0.05, 0.1) is 40.7 Å². The summed E-state index contributed by atoms with van der Waals surface area (Å²) in [6, 6.07) is 7.17. The van der Waals surface area contributed by atoms with Crippen LogP contribution in [0.4, 0.5) is 34.6 Å². The minimum atomic E-state index is -2.78. The molecular formula is C28H35N10O3P. The number of nitrogens with zero attached hydrogens (tertiary/aromatic N) is 7. The molecule has 220 valence electrons. The summed E-state index contributed by atoms with van der Waals surface area (Å²) < 4.78 is 18.9. The Hall–Kier alpha value is -4.61. The third kappa shape index (κ3) is 7.17. The molecule has 42 heavy (non-hydrogen) atoms. The second-order valence-corrected chi connectivity index (χ2v) is 13.3. The van der Waals surface area contributed by atoms with Gasteiger partial charge in [-0.15, -0.1) is 0 Å². The maximum absolute atomic E-state index is 13.3. The number of aromatic nitrogens is 5. The molecule has 2 aromatic heterocycles. The Bertz CT molecular complexity index is 1660. The highest BCUT2D eigenvalue weighted by molar-refractivity contribution is 7.71. The van der Waals surface area contributed by atoms with Gasteiger partial charge in [-0.25, -0.2) is 9.97 Å². The Morgan fingerprint density at radius 1 is 0.976 bits per heavy atom. The van der Waals surface area contributed by atoms with Crippen molar-refractivity contribution in [1.29, 1.82) is 0 Å². The van der Waals surface area contributed by atoms with Crippen LogP contribution < -0.4 is 30.9 Å². The highest BCUT2D eigenvalue weighted by Crippen LogP contribution is 2.41. The Morgan fingerprint density at radius 3 is 2.31 bits per heavy atom. The summed E-state index contributed by atoms with van der Waals surface area (Å²) >= 11 is 0. The highest BCUT2D eigenvalue weighted by Gasteiger charge is 2.22. The van der Waals surface area contributed by atoms with Crippen molar-refractivity contribution in [3.8, 4) is 5.75 Å². The number of benzene rings is 2. The van der Waals surface area contributed by atoms with Crippen LogP contribution in [-0.4, -0.2) is 90.4 Å². The second-order valence-electron chi connectivity index (χ2n) is 10.1. The maximum Gasteiger partial charge on any atom is 0.247 e. The molecule has 3 N–H and O–H groups in total. The Morgan fingerprint density at radius 2 is 1.67 bits per heavy atom. The number of carbonyl (C=O) groups is 1. The van der Waals surface area contributed by atoms with E-state index in [-0.39, 0.29) is 17.8 Å². The molecule has 0 spiro atoms. The molecule has 13 nitrogen and oxygen atoms in total. The van der Waals surface area contributed by atoms with Crippen LogP contribution in [0.15, 0.2) is 55.6 Å². The summed E-state index contributed by atoms with van der Waals surface area (Å²) in [5, 5.41) is 9.76. The van der Waals surface area contributed by atoms with Crippen LogP contribution in [0, 0.1) is 0 Å². The summed E-state index contributed by atoms with van der Waals surface area (Å²) in [5.74, 6) is 0.616. The van der Waals surface area contributed by atoms with Crippen molar-refractivity contribution in [1.82, 2.24) is 29.8 Å².